The van der Waals surface area contributed by atoms with Gasteiger partial charge in [0, 0.05) is 5.02 Å². The average Bonchev–Trinajstić information content (AvgIpc) is 3.00. The number of carbonyl (C=O) groups excluding carboxylic acids is 1. The average molecular weight is 407 g/mol. The van der Waals surface area contributed by atoms with E-state index < -0.39 is 24.4 Å². The van der Waals surface area contributed by atoms with Gasteiger partial charge in [-0.25, -0.2) is 9.37 Å². The summed E-state index contributed by atoms with van der Waals surface area (Å²) in [5.41, 5.74) is 1.07. The highest BCUT2D eigenvalue weighted by molar-refractivity contribution is 7.18. The summed E-state index contributed by atoms with van der Waals surface area (Å²) in [5.74, 6) is -1.62. The van der Waals surface area contributed by atoms with Gasteiger partial charge < -0.3 is 9.84 Å². The van der Waals surface area contributed by atoms with Crippen LogP contribution in [0.3, 0.4) is 0 Å². The molecule has 2 aromatic carbocycles. The number of carbonyl (C=O) groups is 2. The molecule has 0 fully saturated rings. The number of halogens is 2. The molecule has 1 unspecified atom stereocenters. The van der Waals surface area contributed by atoms with Gasteiger partial charge in [0.05, 0.1) is 28.9 Å². The lowest BCUT2D eigenvalue weighted by atomic mass is 10.1. The first-order valence-electron chi connectivity index (χ1n) is 7.95. The van der Waals surface area contributed by atoms with Crippen molar-refractivity contribution in [3.05, 3.63) is 52.2 Å². The van der Waals surface area contributed by atoms with E-state index >= 15 is 0 Å². The zero-order chi connectivity index (χ0) is 19.1. The Kier molecular flexibility index (Phi) is 4.45. The number of thiazole rings is 1. The molecule has 27 heavy (non-hydrogen) atoms. The highest BCUT2D eigenvalue weighted by Crippen LogP contribution is 2.38. The van der Waals surface area contributed by atoms with Gasteiger partial charge in [-0.1, -0.05) is 11.6 Å². The molecule has 1 aliphatic rings. The van der Waals surface area contributed by atoms with Crippen LogP contribution in [0.2, 0.25) is 5.02 Å². The van der Waals surface area contributed by atoms with E-state index in [0.29, 0.717) is 31.7 Å². The van der Waals surface area contributed by atoms with E-state index in [0.717, 1.165) is 0 Å². The molecule has 2 heterocycles. The van der Waals surface area contributed by atoms with Crippen molar-refractivity contribution in [1.82, 2.24) is 4.98 Å². The molecule has 4 rings (SSSR count). The molecule has 0 saturated heterocycles. The van der Waals surface area contributed by atoms with Crippen molar-refractivity contribution in [2.45, 2.75) is 19.1 Å². The third-order valence-electron chi connectivity index (χ3n) is 4.07. The molecule has 1 aromatic heterocycles. The second-order valence-corrected chi connectivity index (χ2v) is 7.51. The molecular weight excluding hydrogens is 395 g/mol. The number of hydrogen-bond acceptors (Lipinski definition) is 5. The number of carboxylic acids is 1. The summed E-state index contributed by atoms with van der Waals surface area (Å²) in [6.45, 7) is 0.104. The molecule has 0 radical (unpaired) electrons. The van der Waals surface area contributed by atoms with E-state index in [1.54, 1.807) is 24.3 Å². The van der Waals surface area contributed by atoms with Crippen molar-refractivity contribution in [2.24, 2.45) is 0 Å². The summed E-state index contributed by atoms with van der Waals surface area (Å²) in [4.78, 5) is 29.7. The van der Waals surface area contributed by atoms with Crippen LogP contribution >= 0.6 is 22.9 Å². The normalized spacial score (nSPS) is 16.3. The Bertz CT molecular complexity index is 1070. The second kappa shape index (κ2) is 6.79. The van der Waals surface area contributed by atoms with Crippen LogP contribution in [0, 0.1) is 5.82 Å². The number of rotatable bonds is 4. The Labute approximate surface area is 161 Å². The Morgan fingerprint density at radius 3 is 2.93 bits per heavy atom. The lowest BCUT2D eigenvalue weighted by Crippen LogP contribution is -2.46. The fourth-order valence-electron chi connectivity index (χ4n) is 2.90. The molecule has 1 N–H and O–H groups in total. The fraction of sp³-hybridized carbons (Fsp3) is 0.167. The lowest BCUT2D eigenvalue weighted by Gasteiger charge is -2.33. The number of benzene rings is 2. The minimum Gasteiger partial charge on any atom is -0.481 e. The Morgan fingerprint density at radius 2 is 2.15 bits per heavy atom. The zero-order valence-electron chi connectivity index (χ0n) is 13.7. The summed E-state index contributed by atoms with van der Waals surface area (Å²) in [7, 11) is 0. The van der Waals surface area contributed by atoms with E-state index in [9.17, 15) is 14.0 Å². The van der Waals surface area contributed by atoms with Crippen LogP contribution < -0.4 is 9.64 Å². The lowest BCUT2D eigenvalue weighted by molar-refractivity contribution is -0.142. The topological polar surface area (TPSA) is 79.7 Å². The molecule has 1 amide bonds. The third-order valence-corrected chi connectivity index (χ3v) is 5.31. The van der Waals surface area contributed by atoms with Crippen LogP contribution in [0.1, 0.15) is 11.4 Å². The van der Waals surface area contributed by atoms with Crippen molar-refractivity contribution in [2.75, 3.05) is 4.90 Å². The zero-order valence-corrected chi connectivity index (χ0v) is 15.3. The van der Waals surface area contributed by atoms with E-state index in [2.05, 4.69) is 4.98 Å². The maximum absolute atomic E-state index is 13.4. The molecule has 0 saturated carbocycles. The van der Waals surface area contributed by atoms with Crippen LogP contribution in [0.25, 0.3) is 10.2 Å². The monoisotopic (exact) mass is 406 g/mol. The molecule has 0 aliphatic carbocycles. The summed E-state index contributed by atoms with van der Waals surface area (Å²) < 4.78 is 19.6. The number of hydrogen-bond donors (Lipinski definition) is 1. The maximum Gasteiger partial charge on any atom is 0.307 e. The molecule has 0 bridgehead atoms. The summed E-state index contributed by atoms with van der Waals surface area (Å²) in [6.07, 6.45) is -1.59. The summed E-state index contributed by atoms with van der Waals surface area (Å²) in [5, 5.41) is 10.1. The molecule has 138 valence electrons. The molecule has 1 aliphatic heterocycles. The standard InChI is InChI=1S/C18H12ClFN2O4S/c19-9-1-4-13-12(5-9)22(18(25)14(26-13)7-17(23)24)8-16-21-11-3-2-10(20)6-15(11)27-16/h1-6,14H,7-8H2,(H,23,24). The predicted octanol–water partition coefficient (Wildman–Crippen LogP) is 3.86. The van der Waals surface area contributed by atoms with Gasteiger partial charge in [-0.2, -0.15) is 0 Å². The molecule has 9 heteroatoms. The Morgan fingerprint density at radius 1 is 1.33 bits per heavy atom. The van der Waals surface area contributed by atoms with E-state index in [1.807, 2.05) is 0 Å². The van der Waals surface area contributed by atoms with Crippen molar-refractivity contribution < 1.29 is 23.8 Å². The van der Waals surface area contributed by atoms with Gasteiger partial charge in [-0.05, 0) is 36.4 Å². The summed E-state index contributed by atoms with van der Waals surface area (Å²) in [6, 6.07) is 9.06. The molecule has 6 nitrogen and oxygen atoms in total. The van der Waals surface area contributed by atoms with Crippen LogP contribution in [0.4, 0.5) is 10.1 Å². The highest BCUT2D eigenvalue weighted by Gasteiger charge is 2.36. The van der Waals surface area contributed by atoms with Gasteiger partial charge in [0.15, 0.2) is 6.10 Å². The van der Waals surface area contributed by atoms with Gasteiger partial charge in [0.1, 0.15) is 16.6 Å². The van der Waals surface area contributed by atoms with Crippen molar-refractivity contribution in [1.29, 1.82) is 0 Å². The van der Waals surface area contributed by atoms with E-state index in [1.165, 1.54) is 28.4 Å². The Hall–Kier alpha value is -2.71. The van der Waals surface area contributed by atoms with Gasteiger partial charge in [-0.15, -0.1) is 11.3 Å². The summed E-state index contributed by atoms with van der Waals surface area (Å²) >= 11 is 7.32. The maximum atomic E-state index is 13.4. The molecule has 1 atom stereocenters. The van der Waals surface area contributed by atoms with Crippen molar-refractivity contribution in [3.63, 3.8) is 0 Å². The first-order valence-corrected chi connectivity index (χ1v) is 9.14. The number of anilines is 1. The Balaban J connectivity index is 1.72. The van der Waals surface area contributed by atoms with Gasteiger partial charge in [-0.3, -0.25) is 14.5 Å². The number of aliphatic carboxylic acids is 1. The number of nitrogens with zero attached hydrogens (tertiary/aromatic N) is 2. The molecular formula is C18H12ClFN2O4S. The smallest absolute Gasteiger partial charge is 0.307 e. The number of carboxylic acid groups (broad SMARTS) is 1. The minimum atomic E-state index is -1.14. The predicted molar refractivity (Wildman–Crippen MR) is 98.9 cm³/mol. The van der Waals surface area contributed by atoms with Crippen molar-refractivity contribution in [3.8, 4) is 5.75 Å². The SMILES string of the molecule is O=C(O)CC1Oc2ccc(Cl)cc2N(Cc2nc3ccc(F)cc3s2)C1=O. The first kappa shape index (κ1) is 17.7. The van der Waals surface area contributed by atoms with Crippen LogP contribution in [-0.4, -0.2) is 28.1 Å². The quantitative estimate of drug-likeness (QED) is 0.711. The highest BCUT2D eigenvalue weighted by atomic mass is 35.5. The first-order chi connectivity index (χ1) is 12.9. The largest absolute Gasteiger partial charge is 0.481 e. The third kappa shape index (κ3) is 3.45. The van der Waals surface area contributed by atoms with Gasteiger partial charge >= 0.3 is 5.97 Å². The van der Waals surface area contributed by atoms with Crippen molar-refractivity contribution >= 4 is 50.7 Å². The van der Waals surface area contributed by atoms with E-state index in [-0.39, 0.29) is 12.4 Å². The van der Waals surface area contributed by atoms with E-state index in [4.69, 9.17) is 21.4 Å². The number of ether oxygens (including phenoxy) is 1. The van der Waals surface area contributed by atoms with Crippen LogP contribution in [0.5, 0.6) is 5.75 Å². The number of amides is 1. The molecule has 0 spiro atoms. The minimum absolute atomic E-state index is 0.104. The van der Waals surface area contributed by atoms with Gasteiger partial charge in [0.2, 0.25) is 0 Å². The second-order valence-electron chi connectivity index (χ2n) is 5.96. The number of aromatic nitrogens is 1. The fourth-order valence-corrected chi connectivity index (χ4v) is 4.04. The van der Waals surface area contributed by atoms with Crippen LogP contribution in [-0.2, 0) is 16.1 Å². The number of fused-ring (bicyclic) bond motifs is 2. The molecule has 3 aromatic rings. The van der Waals surface area contributed by atoms with Gasteiger partial charge in [0.25, 0.3) is 5.91 Å². The van der Waals surface area contributed by atoms with Crippen LogP contribution in [0.15, 0.2) is 36.4 Å².